The van der Waals surface area contributed by atoms with Crippen molar-refractivity contribution in [1.29, 1.82) is 0 Å². The molecule has 0 N–H and O–H groups in total. The van der Waals surface area contributed by atoms with Crippen molar-refractivity contribution in [3.05, 3.63) is 29.8 Å². The Morgan fingerprint density at radius 2 is 1.81 bits per heavy atom. The van der Waals surface area contributed by atoms with Crippen molar-refractivity contribution in [2.45, 2.75) is 19.8 Å². The number of hydrogen-bond donors (Lipinski definition) is 0. The molecule has 0 radical (unpaired) electrons. The van der Waals surface area contributed by atoms with Gasteiger partial charge in [-0.3, -0.25) is 0 Å². The topological polar surface area (TPSA) is 3.24 Å². The molecule has 1 aromatic carbocycles. The fraction of sp³-hybridized carbons (Fsp3) is 0.571. The molecule has 1 heterocycles. The molecule has 1 nitrogen and oxygen atoms in total. The zero-order valence-electron chi connectivity index (χ0n) is 10.4. The SMILES string of the molecule is Cc1ccc(N(C)CC2CCPCC2)cc1. The summed E-state index contributed by atoms with van der Waals surface area (Å²) in [6.45, 7) is 3.37. The number of hydrogen-bond acceptors (Lipinski definition) is 1. The minimum absolute atomic E-state index is 0.924. The average molecular weight is 235 g/mol. The van der Waals surface area contributed by atoms with E-state index >= 15 is 0 Å². The van der Waals surface area contributed by atoms with E-state index in [1.54, 1.807) is 0 Å². The molecular formula is C14H22NP. The van der Waals surface area contributed by atoms with Crippen LogP contribution in [-0.4, -0.2) is 25.9 Å². The summed E-state index contributed by atoms with van der Waals surface area (Å²) in [6, 6.07) is 8.88. The molecule has 1 aliphatic heterocycles. The molecular weight excluding hydrogens is 213 g/mol. The third-order valence-electron chi connectivity index (χ3n) is 3.47. The van der Waals surface area contributed by atoms with Gasteiger partial charge in [-0.2, -0.15) is 0 Å². The van der Waals surface area contributed by atoms with Crippen LogP contribution in [0.15, 0.2) is 24.3 Å². The highest BCUT2D eigenvalue weighted by molar-refractivity contribution is 7.38. The molecule has 1 fully saturated rings. The van der Waals surface area contributed by atoms with Gasteiger partial charge in [0, 0.05) is 19.3 Å². The molecule has 0 unspecified atom stereocenters. The lowest BCUT2D eigenvalue weighted by Crippen LogP contribution is -2.27. The van der Waals surface area contributed by atoms with Crippen LogP contribution >= 0.6 is 8.58 Å². The van der Waals surface area contributed by atoms with Crippen LogP contribution in [0.4, 0.5) is 5.69 Å². The van der Waals surface area contributed by atoms with E-state index < -0.39 is 0 Å². The van der Waals surface area contributed by atoms with Crippen LogP contribution in [0.1, 0.15) is 18.4 Å². The predicted octanol–water partition coefficient (Wildman–Crippen LogP) is 3.52. The molecule has 0 atom stereocenters. The third-order valence-corrected chi connectivity index (χ3v) is 4.75. The molecule has 1 saturated heterocycles. The maximum absolute atomic E-state index is 2.42. The molecule has 2 rings (SSSR count). The lowest BCUT2D eigenvalue weighted by molar-refractivity contribution is 0.489. The summed E-state index contributed by atoms with van der Waals surface area (Å²) in [4.78, 5) is 2.42. The third kappa shape index (κ3) is 3.22. The Bertz CT molecular complexity index is 314. The summed E-state index contributed by atoms with van der Waals surface area (Å²) in [5.74, 6) is 0.924. The van der Waals surface area contributed by atoms with Crippen molar-refractivity contribution in [2.24, 2.45) is 5.92 Å². The van der Waals surface area contributed by atoms with Crippen molar-refractivity contribution >= 4 is 14.3 Å². The molecule has 0 aliphatic carbocycles. The monoisotopic (exact) mass is 235 g/mol. The highest BCUT2D eigenvalue weighted by atomic mass is 31.1. The number of nitrogens with zero attached hydrogens (tertiary/aromatic N) is 1. The van der Waals surface area contributed by atoms with Crippen LogP contribution in [0, 0.1) is 12.8 Å². The second kappa shape index (κ2) is 5.68. The van der Waals surface area contributed by atoms with Crippen molar-refractivity contribution in [3.63, 3.8) is 0 Å². The number of anilines is 1. The minimum Gasteiger partial charge on any atom is -0.374 e. The molecule has 2 heteroatoms. The molecule has 0 bridgehead atoms. The quantitative estimate of drug-likeness (QED) is 0.724. The maximum Gasteiger partial charge on any atom is 0.0363 e. The van der Waals surface area contributed by atoms with Gasteiger partial charge in [0.05, 0.1) is 0 Å². The minimum atomic E-state index is 0.924. The van der Waals surface area contributed by atoms with Crippen molar-refractivity contribution in [3.8, 4) is 0 Å². The van der Waals surface area contributed by atoms with E-state index in [0.717, 1.165) is 5.92 Å². The fourth-order valence-corrected chi connectivity index (χ4v) is 3.83. The van der Waals surface area contributed by atoms with Gasteiger partial charge in [-0.15, -0.1) is 8.58 Å². The Balaban J connectivity index is 1.91. The van der Waals surface area contributed by atoms with E-state index in [9.17, 15) is 0 Å². The van der Waals surface area contributed by atoms with Gasteiger partial charge in [-0.1, -0.05) is 17.7 Å². The summed E-state index contributed by atoms with van der Waals surface area (Å²) in [7, 11) is 3.45. The molecule has 0 saturated carbocycles. The van der Waals surface area contributed by atoms with Gasteiger partial charge in [-0.05, 0) is 50.1 Å². The highest BCUT2D eigenvalue weighted by Gasteiger charge is 2.15. The second-order valence-corrected chi connectivity index (χ2v) is 6.41. The van der Waals surface area contributed by atoms with E-state index in [4.69, 9.17) is 0 Å². The van der Waals surface area contributed by atoms with Crippen molar-refractivity contribution in [2.75, 3.05) is 30.8 Å². The van der Waals surface area contributed by atoms with E-state index in [-0.39, 0.29) is 0 Å². The van der Waals surface area contributed by atoms with Gasteiger partial charge in [0.2, 0.25) is 0 Å². The summed E-state index contributed by atoms with van der Waals surface area (Å²) >= 11 is 0. The van der Waals surface area contributed by atoms with Gasteiger partial charge < -0.3 is 4.90 Å². The van der Waals surface area contributed by atoms with Crippen LogP contribution in [0.3, 0.4) is 0 Å². The summed E-state index contributed by atoms with van der Waals surface area (Å²) in [5, 5.41) is 0. The van der Waals surface area contributed by atoms with E-state index in [1.807, 2.05) is 0 Å². The van der Waals surface area contributed by atoms with Gasteiger partial charge in [0.15, 0.2) is 0 Å². The van der Waals surface area contributed by atoms with Crippen molar-refractivity contribution < 1.29 is 0 Å². The first-order chi connectivity index (χ1) is 7.75. The normalized spacial score (nSPS) is 22.2. The van der Waals surface area contributed by atoms with Gasteiger partial charge in [-0.25, -0.2) is 0 Å². The van der Waals surface area contributed by atoms with Crippen LogP contribution in [0.5, 0.6) is 0 Å². The Hall–Kier alpha value is -0.550. The van der Waals surface area contributed by atoms with Crippen LogP contribution in [0.2, 0.25) is 0 Å². The lowest BCUT2D eigenvalue weighted by atomic mass is 10.0. The van der Waals surface area contributed by atoms with Crippen molar-refractivity contribution in [1.82, 2.24) is 0 Å². The molecule has 88 valence electrons. The molecule has 0 amide bonds. The standard InChI is InChI=1S/C14H22NP/c1-12-3-5-14(6-4-12)15(2)11-13-7-9-16-10-8-13/h3-6,13,16H,7-11H2,1-2H3. The Labute approximate surface area is 101 Å². The molecule has 0 aromatic heterocycles. The summed E-state index contributed by atoms with van der Waals surface area (Å²) < 4.78 is 0. The number of aryl methyl sites for hydroxylation is 1. The van der Waals surface area contributed by atoms with Crippen LogP contribution in [-0.2, 0) is 0 Å². The first kappa shape index (κ1) is 11.9. The Kier molecular flexibility index (Phi) is 4.23. The Morgan fingerprint density at radius 1 is 1.19 bits per heavy atom. The largest absolute Gasteiger partial charge is 0.374 e. The predicted molar refractivity (Wildman–Crippen MR) is 75.2 cm³/mol. The Morgan fingerprint density at radius 3 is 2.44 bits per heavy atom. The first-order valence-corrected chi connectivity index (χ1v) is 7.65. The maximum atomic E-state index is 2.42. The fourth-order valence-electron chi connectivity index (χ4n) is 2.36. The first-order valence-electron chi connectivity index (χ1n) is 6.24. The molecule has 1 aromatic rings. The molecule has 1 aliphatic rings. The van der Waals surface area contributed by atoms with Gasteiger partial charge in [0.25, 0.3) is 0 Å². The van der Waals surface area contributed by atoms with Crippen LogP contribution < -0.4 is 4.90 Å². The summed E-state index contributed by atoms with van der Waals surface area (Å²) in [5.41, 5.74) is 2.70. The average Bonchev–Trinajstić information content (AvgIpc) is 2.31. The van der Waals surface area contributed by atoms with Gasteiger partial charge in [0.1, 0.15) is 0 Å². The zero-order chi connectivity index (χ0) is 11.4. The molecule has 0 spiro atoms. The summed E-state index contributed by atoms with van der Waals surface area (Å²) in [6.07, 6.45) is 5.81. The smallest absolute Gasteiger partial charge is 0.0363 e. The lowest BCUT2D eigenvalue weighted by Gasteiger charge is -2.28. The van der Waals surface area contributed by atoms with E-state index in [2.05, 4.69) is 43.1 Å². The number of rotatable bonds is 3. The highest BCUT2D eigenvalue weighted by Crippen LogP contribution is 2.28. The zero-order valence-corrected chi connectivity index (χ0v) is 11.4. The second-order valence-electron chi connectivity index (χ2n) is 4.91. The van der Waals surface area contributed by atoms with E-state index in [0.29, 0.717) is 0 Å². The number of benzene rings is 1. The van der Waals surface area contributed by atoms with Gasteiger partial charge >= 0.3 is 0 Å². The van der Waals surface area contributed by atoms with E-state index in [1.165, 1.54) is 51.5 Å². The van der Waals surface area contributed by atoms with Crippen LogP contribution in [0.25, 0.3) is 0 Å². The molecule has 16 heavy (non-hydrogen) atoms.